The molecular formula is C24H27NO7. The van der Waals surface area contributed by atoms with Gasteiger partial charge in [-0.2, -0.15) is 0 Å². The Bertz CT molecular complexity index is 931. The van der Waals surface area contributed by atoms with Crippen LogP contribution >= 0.6 is 0 Å². The average Bonchev–Trinajstić information content (AvgIpc) is 3.31. The lowest BCUT2D eigenvalue weighted by molar-refractivity contribution is -0.151. The van der Waals surface area contributed by atoms with Crippen LogP contribution in [-0.2, 0) is 25.5 Å². The highest BCUT2D eigenvalue weighted by Crippen LogP contribution is 2.38. The number of aliphatic hydroxyl groups is 1. The second-order valence-corrected chi connectivity index (χ2v) is 7.41. The monoisotopic (exact) mass is 441 g/mol. The number of carbonyl (C=O) groups is 1. The molecule has 2 aromatic carbocycles. The largest absolute Gasteiger partial charge is 0.459 e. The number of aliphatic hydroxyl groups excluding tert-OH is 1. The molecule has 2 aliphatic rings. The second kappa shape index (κ2) is 11.0. The Balaban J connectivity index is 1.45. The van der Waals surface area contributed by atoms with Crippen LogP contribution in [0.2, 0.25) is 0 Å². The van der Waals surface area contributed by atoms with Gasteiger partial charge in [-0.3, -0.25) is 4.79 Å². The molecule has 170 valence electrons. The fourth-order valence-electron chi connectivity index (χ4n) is 3.56. The van der Waals surface area contributed by atoms with Gasteiger partial charge in [0, 0.05) is 18.9 Å². The number of benzene rings is 2. The van der Waals surface area contributed by atoms with Gasteiger partial charge in [0.15, 0.2) is 17.3 Å². The van der Waals surface area contributed by atoms with Crippen LogP contribution in [0.25, 0.3) is 0 Å². The molecule has 8 heteroatoms. The fourth-order valence-corrected chi connectivity index (χ4v) is 3.56. The van der Waals surface area contributed by atoms with Gasteiger partial charge in [0.1, 0.15) is 0 Å². The third-order valence-electron chi connectivity index (χ3n) is 5.17. The highest BCUT2D eigenvalue weighted by atomic mass is 16.7. The maximum atomic E-state index is 12.8. The summed E-state index contributed by atoms with van der Waals surface area (Å²) in [6, 6.07) is 15.4. The van der Waals surface area contributed by atoms with Crippen molar-refractivity contribution in [2.75, 3.05) is 33.2 Å². The first-order valence-corrected chi connectivity index (χ1v) is 10.6. The summed E-state index contributed by atoms with van der Waals surface area (Å²) in [7, 11) is 0. The number of nitrogens with one attached hydrogen (secondary N) is 1. The Kier molecular flexibility index (Phi) is 7.60. The molecule has 0 saturated heterocycles. The number of amides is 1. The van der Waals surface area contributed by atoms with E-state index < -0.39 is 6.29 Å². The Hall–Kier alpha value is -3.07. The van der Waals surface area contributed by atoms with E-state index in [4.69, 9.17) is 28.8 Å². The zero-order valence-electron chi connectivity index (χ0n) is 17.7. The second-order valence-electron chi connectivity index (χ2n) is 7.41. The van der Waals surface area contributed by atoms with Crippen molar-refractivity contribution in [2.24, 2.45) is 0 Å². The van der Waals surface area contributed by atoms with Gasteiger partial charge in [0.25, 0.3) is 5.91 Å². The van der Waals surface area contributed by atoms with Crippen molar-refractivity contribution in [3.05, 3.63) is 71.5 Å². The summed E-state index contributed by atoms with van der Waals surface area (Å²) in [6.45, 7) is 1.43. The summed E-state index contributed by atoms with van der Waals surface area (Å²) in [5, 5.41) is 11.7. The third-order valence-corrected chi connectivity index (χ3v) is 5.17. The van der Waals surface area contributed by atoms with Gasteiger partial charge in [0.05, 0.1) is 26.4 Å². The summed E-state index contributed by atoms with van der Waals surface area (Å²) in [4.78, 5) is 12.8. The van der Waals surface area contributed by atoms with Crippen molar-refractivity contribution in [3.63, 3.8) is 0 Å². The van der Waals surface area contributed by atoms with Crippen molar-refractivity contribution < 1.29 is 33.6 Å². The first kappa shape index (κ1) is 22.1. The highest BCUT2D eigenvalue weighted by molar-refractivity contribution is 5.91. The Morgan fingerprint density at radius 3 is 2.75 bits per heavy atom. The molecule has 1 amide bonds. The van der Waals surface area contributed by atoms with Crippen LogP contribution in [0.1, 0.15) is 23.5 Å². The minimum Gasteiger partial charge on any atom is -0.459 e. The number of fused-ring (bicyclic) bond motifs is 1. The van der Waals surface area contributed by atoms with Crippen LogP contribution in [0.5, 0.6) is 11.5 Å². The molecule has 0 saturated carbocycles. The van der Waals surface area contributed by atoms with E-state index in [2.05, 4.69) is 5.32 Å². The molecule has 0 bridgehead atoms. The molecule has 0 spiro atoms. The molecule has 2 N–H and O–H groups in total. The van der Waals surface area contributed by atoms with E-state index in [0.717, 1.165) is 11.1 Å². The summed E-state index contributed by atoms with van der Waals surface area (Å²) in [5.74, 6) is 1.21. The standard InChI is InChI=1S/C24H27NO7/c26-8-9-28-10-11-29-23-14-19(18-6-7-20-21(12-18)31-16-30-20)13-22(32-23)24(27)25-15-17-4-2-1-3-5-17/h1-7,12-13,19,23,26H,8-11,14-16H2,(H,25,27). The van der Waals surface area contributed by atoms with Gasteiger partial charge in [-0.1, -0.05) is 36.4 Å². The molecule has 2 heterocycles. The van der Waals surface area contributed by atoms with Crippen molar-refractivity contribution in [1.29, 1.82) is 0 Å². The van der Waals surface area contributed by atoms with Crippen LogP contribution in [0.4, 0.5) is 0 Å². The van der Waals surface area contributed by atoms with Crippen molar-refractivity contribution in [3.8, 4) is 11.5 Å². The molecule has 0 fully saturated rings. The van der Waals surface area contributed by atoms with E-state index >= 15 is 0 Å². The smallest absolute Gasteiger partial charge is 0.286 e. The Morgan fingerprint density at radius 1 is 1.06 bits per heavy atom. The SMILES string of the molecule is O=C(NCc1ccccc1)C1=CC(c2ccc3c(c2)OCO3)CC(OCCOCCO)O1. The zero-order valence-corrected chi connectivity index (χ0v) is 17.7. The Morgan fingerprint density at radius 2 is 1.91 bits per heavy atom. The average molecular weight is 441 g/mol. The maximum Gasteiger partial charge on any atom is 0.286 e. The summed E-state index contributed by atoms with van der Waals surface area (Å²) >= 11 is 0. The van der Waals surface area contributed by atoms with Gasteiger partial charge in [-0.25, -0.2) is 0 Å². The molecule has 0 aromatic heterocycles. The van der Waals surface area contributed by atoms with Gasteiger partial charge >= 0.3 is 0 Å². The van der Waals surface area contributed by atoms with Crippen LogP contribution < -0.4 is 14.8 Å². The maximum absolute atomic E-state index is 12.8. The molecule has 32 heavy (non-hydrogen) atoms. The minimum absolute atomic E-state index is 0.0411. The van der Waals surface area contributed by atoms with Crippen LogP contribution in [0.3, 0.4) is 0 Å². The molecule has 2 aromatic rings. The number of ether oxygens (including phenoxy) is 5. The molecule has 4 rings (SSSR count). The summed E-state index contributed by atoms with van der Waals surface area (Å²) < 4.78 is 27.8. The number of carbonyl (C=O) groups excluding carboxylic acids is 1. The Labute approximate surface area is 186 Å². The lowest BCUT2D eigenvalue weighted by Gasteiger charge is -2.29. The summed E-state index contributed by atoms with van der Waals surface area (Å²) in [6.07, 6.45) is 1.75. The van der Waals surface area contributed by atoms with Gasteiger partial charge in [-0.15, -0.1) is 0 Å². The third kappa shape index (κ3) is 5.79. The highest BCUT2D eigenvalue weighted by Gasteiger charge is 2.29. The summed E-state index contributed by atoms with van der Waals surface area (Å²) in [5.41, 5.74) is 1.98. The minimum atomic E-state index is -0.606. The molecule has 8 nitrogen and oxygen atoms in total. The molecular weight excluding hydrogens is 414 g/mol. The lowest BCUT2D eigenvalue weighted by Crippen LogP contribution is -2.33. The predicted molar refractivity (Wildman–Crippen MR) is 115 cm³/mol. The van der Waals surface area contributed by atoms with Gasteiger partial charge in [0.2, 0.25) is 13.1 Å². The predicted octanol–water partition coefficient (Wildman–Crippen LogP) is 2.47. The first-order chi connectivity index (χ1) is 15.7. The molecule has 2 aliphatic heterocycles. The van der Waals surface area contributed by atoms with Crippen LogP contribution in [-0.4, -0.2) is 50.5 Å². The van der Waals surface area contributed by atoms with Crippen LogP contribution in [0, 0.1) is 0 Å². The van der Waals surface area contributed by atoms with E-state index in [0.29, 0.717) is 31.1 Å². The van der Waals surface area contributed by atoms with E-state index in [1.165, 1.54) is 0 Å². The van der Waals surface area contributed by atoms with E-state index in [-0.39, 0.29) is 44.2 Å². The quantitative estimate of drug-likeness (QED) is 0.547. The van der Waals surface area contributed by atoms with E-state index in [9.17, 15) is 4.79 Å². The normalized spacial score (nSPS) is 19.2. The van der Waals surface area contributed by atoms with Crippen molar-refractivity contribution >= 4 is 5.91 Å². The molecule has 2 atom stereocenters. The first-order valence-electron chi connectivity index (χ1n) is 10.6. The number of hydrogen-bond donors (Lipinski definition) is 2. The fraction of sp³-hybridized carbons (Fsp3) is 0.375. The van der Waals surface area contributed by atoms with Crippen LogP contribution in [0.15, 0.2) is 60.4 Å². The number of allylic oxidation sites excluding steroid dienone is 1. The van der Waals surface area contributed by atoms with E-state index in [1.54, 1.807) is 0 Å². The zero-order chi connectivity index (χ0) is 22.2. The topological polar surface area (TPSA) is 95.5 Å². The van der Waals surface area contributed by atoms with Crippen molar-refractivity contribution in [1.82, 2.24) is 5.32 Å². The molecule has 2 unspecified atom stereocenters. The van der Waals surface area contributed by atoms with Gasteiger partial charge in [-0.05, 0) is 29.3 Å². The van der Waals surface area contributed by atoms with E-state index in [1.807, 2.05) is 54.6 Å². The number of hydrogen-bond acceptors (Lipinski definition) is 7. The van der Waals surface area contributed by atoms with Crippen molar-refractivity contribution in [2.45, 2.75) is 25.2 Å². The molecule has 0 radical (unpaired) electrons. The lowest BCUT2D eigenvalue weighted by atomic mass is 9.92. The number of rotatable bonds is 10. The molecule has 0 aliphatic carbocycles. The van der Waals surface area contributed by atoms with Gasteiger partial charge < -0.3 is 34.1 Å².